The number of esters is 1. The number of ether oxygens (including phenoxy) is 1. The SMILES string of the molecule is COC(=O)[C@@]1(C)CC[C@]2(C)CC[C@@]3(C)C4=CC=C5C(=CC(=O)C(O)=C5C)[C@]4(C)CC[C@]3(C)[C@@H]2C1. The molecule has 0 heterocycles. The summed E-state index contributed by atoms with van der Waals surface area (Å²) in [6.45, 7) is 13.7. The third-order valence-corrected chi connectivity index (χ3v) is 11.6. The lowest BCUT2D eigenvalue weighted by molar-refractivity contribution is -0.180. The number of carbonyl (C=O) groups excluding carboxylic acids is 2. The summed E-state index contributed by atoms with van der Waals surface area (Å²) in [6.07, 6.45) is 13.3. The molecule has 5 aliphatic rings. The maximum absolute atomic E-state index is 12.8. The van der Waals surface area contributed by atoms with Crippen LogP contribution >= 0.6 is 0 Å². The zero-order valence-electron chi connectivity index (χ0n) is 21.9. The number of fused-ring (bicyclic) bond motifs is 7. The highest BCUT2D eigenvalue weighted by Crippen LogP contribution is 2.75. The molecule has 0 bridgehead atoms. The van der Waals surface area contributed by atoms with E-state index in [0.29, 0.717) is 11.5 Å². The van der Waals surface area contributed by atoms with Gasteiger partial charge < -0.3 is 9.84 Å². The molecule has 0 aromatic rings. The Morgan fingerprint density at radius 2 is 1.68 bits per heavy atom. The highest BCUT2D eigenvalue weighted by Gasteiger charge is 2.67. The van der Waals surface area contributed by atoms with Gasteiger partial charge in [0.15, 0.2) is 5.76 Å². The molecule has 0 aromatic carbocycles. The summed E-state index contributed by atoms with van der Waals surface area (Å²) in [5, 5.41) is 10.3. The van der Waals surface area contributed by atoms with E-state index in [4.69, 9.17) is 4.74 Å². The number of allylic oxidation sites excluding steroid dienone is 7. The molecule has 0 unspecified atom stereocenters. The minimum Gasteiger partial charge on any atom is -0.504 e. The second kappa shape index (κ2) is 6.98. The average Bonchev–Trinajstić information content (AvgIpc) is 2.80. The summed E-state index contributed by atoms with van der Waals surface area (Å²) in [4.78, 5) is 25.5. The van der Waals surface area contributed by atoms with Crippen LogP contribution in [0.5, 0.6) is 0 Å². The van der Waals surface area contributed by atoms with Crippen molar-refractivity contribution >= 4 is 11.8 Å². The van der Waals surface area contributed by atoms with E-state index >= 15 is 0 Å². The van der Waals surface area contributed by atoms with Crippen molar-refractivity contribution in [1.82, 2.24) is 0 Å². The molecule has 5 rings (SSSR count). The van der Waals surface area contributed by atoms with E-state index in [0.717, 1.165) is 56.1 Å². The van der Waals surface area contributed by atoms with Gasteiger partial charge in [0, 0.05) is 11.0 Å². The molecule has 34 heavy (non-hydrogen) atoms. The lowest BCUT2D eigenvalue weighted by Crippen LogP contribution is -2.62. The Labute approximate surface area is 204 Å². The third kappa shape index (κ3) is 2.72. The van der Waals surface area contributed by atoms with E-state index < -0.39 is 5.41 Å². The van der Waals surface area contributed by atoms with Crippen LogP contribution in [0.3, 0.4) is 0 Å². The summed E-state index contributed by atoms with van der Waals surface area (Å²) in [5.41, 5.74) is 3.82. The lowest BCUT2D eigenvalue weighted by atomic mass is 9.34. The predicted molar refractivity (Wildman–Crippen MR) is 133 cm³/mol. The summed E-state index contributed by atoms with van der Waals surface area (Å²) in [6, 6.07) is 0. The van der Waals surface area contributed by atoms with Crippen molar-refractivity contribution in [2.24, 2.45) is 33.0 Å². The Morgan fingerprint density at radius 1 is 1.00 bits per heavy atom. The van der Waals surface area contributed by atoms with E-state index in [1.165, 1.54) is 12.7 Å². The highest BCUT2D eigenvalue weighted by molar-refractivity contribution is 6.06. The van der Waals surface area contributed by atoms with Crippen LogP contribution in [0.25, 0.3) is 0 Å². The second-order valence-electron chi connectivity index (χ2n) is 13.1. The molecule has 3 fully saturated rings. The van der Waals surface area contributed by atoms with Crippen LogP contribution in [-0.4, -0.2) is 24.0 Å². The van der Waals surface area contributed by atoms with Crippen molar-refractivity contribution in [2.75, 3.05) is 7.11 Å². The van der Waals surface area contributed by atoms with E-state index in [9.17, 15) is 14.7 Å². The zero-order chi connectivity index (χ0) is 24.9. The Hall–Kier alpha value is -2.10. The van der Waals surface area contributed by atoms with Gasteiger partial charge in [-0.3, -0.25) is 9.59 Å². The van der Waals surface area contributed by atoms with Crippen LogP contribution in [0, 0.1) is 33.0 Å². The lowest BCUT2D eigenvalue weighted by Gasteiger charge is -2.70. The summed E-state index contributed by atoms with van der Waals surface area (Å²) in [7, 11) is 1.52. The van der Waals surface area contributed by atoms with Gasteiger partial charge in [-0.2, -0.15) is 0 Å². The molecule has 1 N–H and O–H groups in total. The molecule has 0 saturated heterocycles. The van der Waals surface area contributed by atoms with Crippen molar-refractivity contribution in [3.8, 4) is 0 Å². The van der Waals surface area contributed by atoms with Crippen LogP contribution < -0.4 is 0 Å². The first-order valence-electron chi connectivity index (χ1n) is 12.9. The minimum atomic E-state index is -0.424. The van der Waals surface area contributed by atoms with Crippen LogP contribution in [0.1, 0.15) is 86.5 Å². The van der Waals surface area contributed by atoms with Crippen molar-refractivity contribution in [3.05, 3.63) is 46.3 Å². The van der Waals surface area contributed by atoms with Crippen LogP contribution in [0.2, 0.25) is 0 Å². The Kier molecular flexibility index (Phi) is 4.85. The number of carbonyl (C=O) groups is 2. The normalized spacial score (nSPS) is 45.7. The quantitative estimate of drug-likeness (QED) is 0.434. The van der Waals surface area contributed by atoms with Gasteiger partial charge in [0.1, 0.15) is 0 Å². The number of ketones is 1. The summed E-state index contributed by atoms with van der Waals surface area (Å²) < 4.78 is 5.27. The molecule has 0 aliphatic heterocycles. The molecule has 4 nitrogen and oxygen atoms in total. The third-order valence-electron chi connectivity index (χ3n) is 11.6. The van der Waals surface area contributed by atoms with Gasteiger partial charge in [-0.15, -0.1) is 0 Å². The molecule has 0 spiro atoms. The molecule has 6 atom stereocenters. The molecule has 0 amide bonds. The predicted octanol–water partition coefficient (Wildman–Crippen LogP) is 6.79. The van der Waals surface area contributed by atoms with Crippen molar-refractivity contribution in [2.45, 2.75) is 86.5 Å². The molecule has 5 aliphatic carbocycles. The fourth-order valence-electron chi connectivity index (χ4n) is 8.89. The van der Waals surface area contributed by atoms with Crippen molar-refractivity contribution < 1.29 is 19.4 Å². The van der Waals surface area contributed by atoms with Gasteiger partial charge in [0.25, 0.3) is 0 Å². The van der Waals surface area contributed by atoms with Crippen molar-refractivity contribution in [3.63, 3.8) is 0 Å². The Balaban J connectivity index is 1.63. The molecule has 3 saturated carbocycles. The molecular weight excluding hydrogens is 424 g/mol. The molecule has 184 valence electrons. The van der Waals surface area contributed by atoms with Crippen LogP contribution in [0.4, 0.5) is 0 Å². The first kappa shape index (κ1) is 23.6. The van der Waals surface area contributed by atoms with Crippen LogP contribution in [-0.2, 0) is 14.3 Å². The van der Waals surface area contributed by atoms with E-state index in [1.807, 2.05) is 6.92 Å². The minimum absolute atomic E-state index is 0.0262. The topological polar surface area (TPSA) is 63.6 Å². The summed E-state index contributed by atoms with van der Waals surface area (Å²) in [5.74, 6) is -0.0356. The number of hydrogen-bond acceptors (Lipinski definition) is 4. The maximum atomic E-state index is 12.8. The van der Waals surface area contributed by atoms with Crippen molar-refractivity contribution in [1.29, 1.82) is 0 Å². The summed E-state index contributed by atoms with van der Waals surface area (Å²) >= 11 is 0. The fraction of sp³-hybridized carbons (Fsp3) is 0.667. The highest BCUT2D eigenvalue weighted by atomic mass is 16.5. The monoisotopic (exact) mass is 464 g/mol. The van der Waals surface area contributed by atoms with Gasteiger partial charge in [-0.05, 0) is 98.2 Å². The molecule has 4 heteroatoms. The average molecular weight is 465 g/mol. The number of rotatable bonds is 1. The molecule has 0 radical (unpaired) electrons. The first-order valence-corrected chi connectivity index (χ1v) is 12.9. The largest absolute Gasteiger partial charge is 0.504 e. The second-order valence-corrected chi connectivity index (χ2v) is 13.1. The number of aliphatic hydroxyl groups excluding tert-OH is 1. The Morgan fingerprint density at radius 3 is 2.35 bits per heavy atom. The maximum Gasteiger partial charge on any atom is 0.311 e. The van der Waals surface area contributed by atoms with Gasteiger partial charge in [-0.25, -0.2) is 0 Å². The zero-order valence-corrected chi connectivity index (χ0v) is 21.9. The van der Waals surface area contributed by atoms with Gasteiger partial charge in [0.2, 0.25) is 5.78 Å². The van der Waals surface area contributed by atoms with Gasteiger partial charge in [-0.1, -0.05) is 45.4 Å². The van der Waals surface area contributed by atoms with E-state index in [-0.39, 0.29) is 39.2 Å². The standard InChI is InChI=1S/C30H40O4/c1-18-19-8-9-22-28(4,20(19)16-21(31)24(18)32)13-15-30(6)23-17-27(3,25(33)34-7)11-10-26(23,2)12-14-29(22,30)5/h8-9,16,23,32H,10-15,17H2,1-7H3/t23-,26-,27+,28+,29+,30-/m1/s1. The first-order chi connectivity index (χ1) is 15.8. The Bertz CT molecular complexity index is 1120. The van der Waals surface area contributed by atoms with Crippen LogP contribution in [0.15, 0.2) is 46.3 Å². The van der Waals surface area contributed by atoms with E-state index in [2.05, 4.69) is 46.8 Å². The smallest absolute Gasteiger partial charge is 0.311 e. The molecular formula is C30H40O4. The number of aliphatic hydroxyl groups is 1. The number of hydrogen-bond donors (Lipinski definition) is 1. The van der Waals surface area contributed by atoms with E-state index in [1.54, 1.807) is 6.08 Å². The molecule has 0 aromatic heterocycles. The van der Waals surface area contributed by atoms with Gasteiger partial charge >= 0.3 is 5.97 Å². The fourth-order valence-corrected chi connectivity index (χ4v) is 8.89. The van der Waals surface area contributed by atoms with Gasteiger partial charge in [0.05, 0.1) is 12.5 Å². The number of methoxy groups -OCH3 is 1.